The van der Waals surface area contributed by atoms with Gasteiger partial charge >= 0.3 is 0 Å². The second-order valence-corrected chi connectivity index (χ2v) is 7.24. The first-order valence-electron chi connectivity index (χ1n) is 8.58. The Labute approximate surface area is 159 Å². The maximum Gasteiger partial charge on any atom is 0.246 e. The van der Waals surface area contributed by atoms with Crippen LogP contribution in [0.2, 0.25) is 10.0 Å². The number of benzene rings is 2. The van der Waals surface area contributed by atoms with Gasteiger partial charge in [0.2, 0.25) is 5.91 Å². The number of carbonyl (C=O) groups is 1. The third kappa shape index (κ3) is 4.87. The highest BCUT2D eigenvalue weighted by Crippen LogP contribution is 2.26. The largest absolute Gasteiger partial charge is 0.339 e. The number of hydrogen-bond acceptors (Lipinski definition) is 1. The van der Waals surface area contributed by atoms with Crippen molar-refractivity contribution in [3.8, 4) is 0 Å². The summed E-state index contributed by atoms with van der Waals surface area (Å²) in [5.74, 6) is 0.669. The topological polar surface area (TPSA) is 20.3 Å². The number of halogens is 2. The van der Waals surface area contributed by atoms with E-state index in [1.54, 1.807) is 30.4 Å². The zero-order valence-corrected chi connectivity index (χ0v) is 15.5. The Kier molecular flexibility index (Phi) is 6.17. The van der Waals surface area contributed by atoms with Crippen LogP contribution in [0.15, 0.2) is 54.6 Å². The predicted molar refractivity (Wildman–Crippen MR) is 105 cm³/mol. The molecule has 2 nitrogen and oxygen atoms in total. The van der Waals surface area contributed by atoms with E-state index in [0.29, 0.717) is 21.5 Å². The summed E-state index contributed by atoms with van der Waals surface area (Å²) >= 11 is 12.3. The molecule has 0 aromatic heterocycles. The normalized spacial score (nSPS) is 15.7. The van der Waals surface area contributed by atoms with Gasteiger partial charge in [-0.05, 0) is 49.0 Å². The van der Waals surface area contributed by atoms with E-state index in [-0.39, 0.29) is 5.91 Å². The molecular formula is C21H21Cl2NO. The van der Waals surface area contributed by atoms with Gasteiger partial charge in [-0.1, -0.05) is 59.6 Å². The standard InChI is InChI=1S/C21H21Cl2NO/c22-19-7-4-8-20(23)18(19)9-10-21(25)24-13-11-17(12-14-24)15-16-5-2-1-3-6-16/h1-10,17H,11-15H2/b10-9-. The van der Waals surface area contributed by atoms with Crippen LogP contribution in [-0.4, -0.2) is 23.9 Å². The summed E-state index contributed by atoms with van der Waals surface area (Å²) < 4.78 is 0. The highest BCUT2D eigenvalue weighted by atomic mass is 35.5. The van der Waals surface area contributed by atoms with Crippen LogP contribution in [0.4, 0.5) is 0 Å². The highest BCUT2D eigenvalue weighted by molar-refractivity contribution is 6.37. The lowest BCUT2D eigenvalue weighted by Crippen LogP contribution is -2.37. The molecular weight excluding hydrogens is 353 g/mol. The number of nitrogens with zero attached hydrogens (tertiary/aromatic N) is 1. The predicted octanol–water partition coefficient (Wildman–Crippen LogP) is 5.49. The Hall–Kier alpha value is -1.77. The maximum absolute atomic E-state index is 12.4. The van der Waals surface area contributed by atoms with Crippen LogP contribution >= 0.6 is 23.2 Å². The Bertz CT molecular complexity index is 729. The molecule has 0 N–H and O–H groups in total. The number of piperidine rings is 1. The minimum atomic E-state index is 0.0224. The quantitative estimate of drug-likeness (QED) is 0.649. The average molecular weight is 374 g/mol. The van der Waals surface area contributed by atoms with Crippen molar-refractivity contribution in [3.05, 3.63) is 75.8 Å². The van der Waals surface area contributed by atoms with Gasteiger partial charge in [-0.2, -0.15) is 0 Å². The molecule has 0 spiro atoms. The van der Waals surface area contributed by atoms with Crippen molar-refractivity contribution in [2.24, 2.45) is 5.92 Å². The van der Waals surface area contributed by atoms with Crippen LogP contribution in [0.1, 0.15) is 24.0 Å². The fourth-order valence-corrected chi connectivity index (χ4v) is 3.76. The van der Waals surface area contributed by atoms with E-state index in [2.05, 4.69) is 24.3 Å². The number of hydrogen-bond donors (Lipinski definition) is 0. The maximum atomic E-state index is 12.4. The van der Waals surface area contributed by atoms with E-state index in [1.807, 2.05) is 11.0 Å². The molecule has 2 aromatic carbocycles. The van der Waals surface area contributed by atoms with E-state index >= 15 is 0 Å². The van der Waals surface area contributed by atoms with Gasteiger partial charge in [-0.3, -0.25) is 4.79 Å². The van der Waals surface area contributed by atoms with E-state index in [9.17, 15) is 4.79 Å². The minimum absolute atomic E-state index is 0.0224. The molecule has 130 valence electrons. The van der Waals surface area contributed by atoms with Crippen molar-refractivity contribution in [1.82, 2.24) is 4.90 Å². The molecule has 0 aliphatic carbocycles. The number of likely N-dealkylation sites (tertiary alicyclic amines) is 1. The van der Waals surface area contributed by atoms with E-state index in [1.165, 1.54) is 5.56 Å². The Morgan fingerprint density at radius 2 is 1.64 bits per heavy atom. The lowest BCUT2D eigenvalue weighted by Gasteiger charge is -2.31. The van der Waals surface area contributed by atoms with Crippen LogP contribution in [0.25, 0.3) is 6.08 Å². The molecule has 1 aliphatic rings. The van der Waals surface area contributed by atoms with Gasteiger partial charge in [0.15, 0.2) is 0 Å². The van der Waals surface area contributed by atoms with Crippen molar-refractivity contribution in [3.63, 3.8) is 0 Å². The number of rotatable bonds is 4. The zero-order valence-electron chi connectivity index (χ0n) is 14.0. The molecule has 4 heteroatoms. The molecule has 0 atom stereocenters. The van der Waals surface area contributed by atoms with Crippen molar-refractivity contribution >= 4 is 35.2 Å². The van der Waals surface area contributed by atoms with Crippen LogP contribution in [0, 0.1) is 5.92 Å². The molecule has 0 unspecified atom stereocenters. The summed E-state index contributed by atoms with van der Waals surface area (Å²) in [6, 6.07) is 15.9. The summed E-state index contributed by atoms with van der Waals surface area (Å²) in [6.45, 7) is 1.61. The van der Waals surface area contributed by atoms with Gasteiger partial charge in [-0.15, -0.1) is 0 Å². The van der Waals surface area contributed by atoms with E-state index in [4.69, 9.17) is 23.2 Å². The van der Waals surface area contributed by atoms with Gasteiger partial charge in [0.05, 0.1) is 0 Å². The summed E-state index contributed by atoms with van der Waals surface area (Å²) in [6.07, 6.45) is 6.46. The lowest BCUT2D eigenvalue weighted by molar-refractivity contribution is -0.127. The van der Waals surface area contributed by atoms with Crippen LogP contribution < -0.4 is 0 Å². The summed E-state index contributed by atoms with van der Waals surface area (Å²) in [5.41, 5.74) is 2.07. The Morgan fingerprint density at radius 1 is 1.00 bits per heavy atom. The molecule has 0 saturated carbocycles. The first kappa shape index (κ1) is 18.0. The fourth-order valence-electron chi connectivity index (χ4n) is 3.23. The van der Waals surface area contributed by atoms with Crippen LogP contribution in [0.5, 0.6) is 0 Å². The molecule has 1 aliphatic heterocycles. The van der Waals surface area contributed by atoms with Gasteiger partial charge in [0.25, 0.3) is 0 Å². The summed E-state index contributed by atoms with van der Waals surface area (Å²) in [4.78, 5) is 14.3. The van der Waals surface area contributed by atoms with E-state index < -0.39 is 0 Å². The molecule has 1 saturated heterocycles. The van der Waals surface area contributed by atoms with E-state index in [0.717, 1.165) is 32.4 Å². The van der Waals surface area contributed by atoms with Gasteiger partial charge in [0.1, 0.15) is 0 Å². The molecule has 1 heterocycles. The summed E-state index contributed by atoms with van der Waals surface area (Å²) in [7, 11) is 0. The van der Waals surface area contributed by atoms with Crippen molar-refractivity contribution in [1.29, 1.82) is 0 Å². The summed E-state index contributed by atoms with van der Waals surface area (Å²) in [5, 5.41) is 1.11. The Balaban J connectivity index is 1.54. The Morgan fingerprint density at radius 3 is 2.28 bits per heavy atom. The lowest BCUT2D eigenvalue weighted by atomic mass is 9.90. The first-order chi connectivity index (χ1) is 12.1. The molecule has 1 amide bonds. The third-order valence-corrected chi connectivity index (χ3v) is 5.34. The average Bonchev–Trinajstić information content (AvgIpc) is 2.62. The monoisotopic (exact) mass is 373 g/mol. The first-order valence-corrected chi connectivity index (χ1v) is 9.34. The second kappa shape index (κ2) is 8.55. The van der Waals surface area contributed by atoms with Gasteiger partial charge in [-0.25, -0.2) is 0 Å². The molecule has 2 aromatic rings. The molecule has 0 bridgehead atoms. The van der Waals surface area contributed by atoms with Crippen LogP contribution in [-0.2, 0) is 11.2 Å². The van der Waals surface area contributed by atoms with Gasteiger partial charge < -0.3 is 4.90 Å². The van der Waals surface area contributed by atoms with Crippen LogP contribution in [0.3, 0.4) is 0 Å². The molecule has 3 rings (SSSR count). The fraction of sp³-hybridized carbons (Fsp3) is 0.286. The molecule has 1 fully saturated rings. The van der Waals surface area contributed by atoms with Crippen molar-refractivity contribution in [2.75, 3.05) is 13.1 Å². The SMILES string of the molecule is O=C(/C=C\c1c(Cl)cccc1Cl)N1CCC(Cc2ccccc2)CC1. The minimum Gasteiger partial charge on any atom is -0.339 e. The second-order valence-electron chi connectivity index (χ2n) is 6.43. The van der Waals surface area contributed by atoms with Gasteiger partial charge in [0, 0.05) is 34.8 Å². The zero-order chi connectivity index (χ0) is 17.6. The number of amides is 1. The number of carbonyl (C=O) groups excluding carboxylic acids is 1. The molecule has 0 radical (unpaired) electrons. The molecule has 25 heavy (non-hydrogen) atoms. The smallest absolute Gasteiger partial charge is 0.246 e. The van der Waals surface area contributed by atoms with Crippen molar-refractivity contribution < 1.29 is 4.79 Å². The third-order valence-electron chi connectivity index (χ3n) is 4.69. The van der Waals surface area contributed by atoms with Crippen molar-refractivity contribution in [2.45, 2.75) is 19.3 Å². The highest BCUT2D eigenvalue weighted by Gasteiger charge is 2.21.